The zero-order valence-corrected chi connectivity index (χ0v) is 15.5. The summed E-state index contributed by atoms with van der Waals surface area (Å²) in [5.41, 5.74) is 2.80. The number of carbonyl (C=O) groups excluding carboxylic acids is 2. The number of hydrogen-bond donors (Lipinski definition) is 1. The van der Waals surface area contributed by atoms with Gasteiger partial charge in [0.05, 0.1) is 12.6 Å². The van der Waals surface area contributed by atoms with Crippen LogP contribution in [0.4, 0.5) is 0 Å². The van der Waals surface area contributed by atoms with Crippen LogP contribution in [0.3, 0.4) is 0 Å². The first kappa shape index (κ1) is 19.5. The highest BCUT2D eigenvalue weighted by Crippen LogP contribution is 2.28. The summed E-state index contributed by atoms with van der Waals surface area (Å²) in [6, 6.07) is 12.9. The second-order valence-electron chi connectivity index (χ2n) is 5.93. The number of aryl methyl sites for hydroxylation is 1. The molecule has 5 nitrogen and oxygen atoms in total. The van der Waals surface area contributed by atoms with Crippen molar-refractivity contribution in [3.63, 3.8) is 0 Å². The first-order chi connectivity index (χ1) is 12.6. The van der Waals surface area contributed by atoms with Crippen molar-refractivity contribution in [2.45, 2.75) is 33.2 Å². The van der Waals surface area contributed by atoms with Gasteiger partial charge in [0.15, 0.2) is 18.1 Å². The summed E-state index contributed by atoms with van der Waals surface area (Å²) in [5, 5.41) is 2.92. The minimum Gasteiger partial charge on any atom is -0.490 e. The van der Waals surface area contributed by atoms with E-state index >= 15 is 0 Å². The standard InChI is InChI=1S/C21H25NO4/c1-4-16-6-9-18(10-7-16)15(3)22-21(24)14-26-19-11-8-17(13-23)12-20(19)25-5-2/h6-13,15H,4-5,14H2,1-3H3,(H,22,24). The molecule has 0 fully saturated rings. The van der Waals surface area contributed by atoms with Gasteiger partial charge in [0, 0.05) is 5.56 Å². The Bertz CT molecular complexity index is 740. The monoisotopic (exact) mass is 355 g/mol. The summed E-state index contributed by atoms with van der Waals surface area (Å²) >= 11 is 0. The third-order valence-corrected chi connectivity index (χ3v) is 4.03. The van der Waals surface area contributed by atoms with Crippen LogP contribution in [0.25, 0.3) is 0 Å². The zero-order chi connectivity index (χ0) is 18.9. The Labute approximate surface area is 154 Å². The molecular formula is C21H25NO4. The maximum atomic E-state index is 12.2. The third kappa shape index (κ3) is 5.34. The first-order valence-electron chi connectivity index (χ1n) is 8.80. The number of nitrogens with one attached hydrogen (secondary N) is 1. The van der Waals surface area contributed by atoms with Crippen molar-refractivity contribution in [3.8, 4) is 11.5 Å². The topological polar surface area (TPSA) is 64.6 Å². The number of hydrogen-bond acceptors (Lipinski definition) is 4. The van der Waals surface area contributed by atoms with Gasteiger partial charge in [0.1, 0.15) is 6.29 Å². The Hall–Kier alpha value is -2.82. The molecule has 2 aromatic rings. The van der Waals surface area contributed by atoms with Gasteiger partial charge in [-0.15, -0.1) is 0 Å². The molecule has 0 saturated carbocycles. The van der Waals surface area contributed by atoms with Gasteiger partial charge in [-0.2, -0.15) is 0 Å². The second kappa shape index (κ2) is 9.61. The summed E-state index contributed by atoms with van der Waals surface area (Å²) in [6.07, 6.45) is 1.73. The van der Waals surface area contributed by atoms with Crippen molar-refractivity contribution < 1.29 is 19.1 Å². The number of aldehydes is 1. The molecule has 2 aromatic carbocycles. The van der Waals surface area contributed by atoms with Gasteiger partial charge in [-0.05, 0) is 49.6 Å². The number of carbonyl (C=O) groups is 2. The van der Waals surface area contributed by atoms with Crippen molar-refractivity contribution in [2.24, 2.45) is 0 Å². The predicted molar refractivity (Wildman–Crippen MR) is 101 cm³/mol. The van der Waals surface area contributed by atoms with Crippen molar-refractivity contribution >= 4 is 12.2 Å². The second-order valence-corrected chi connectivity index (χ2v) is 5.93. The predicted octanol–water partition coefficient (Wildman–Crippen LogP) is 3.72. The lowest BCUT2D eigenvalue weighted by Gasteiger charge is -2.16. The SMILES string of the molecule is CCOc1cc(C=O)ccc1OCC(=O)NC(C)c1ccc(CC)cc1. The van der Waals surface area contributed by atoms with Crippen LogP contribution >= 0.6 is 0 Å². The molecular weight excluding hydrogens is 330 g/mol. The van der Waals surface area contributed by atoms with Crippen molar-refractivity contribution in [1.82, 2.24) is 5.32 Å². The number of benzene rings is 2. The fourth-order valence-corrected chi connectivity index (χ4v) is 2.54. The van der Waals surface area contributed by atoms with E-state index < -0.39 is 0 Å². The average molecular weight is 355 g/mol. The van der Waals surface area contributed by atoms with Crippen LogP contribution in [-0.4, -0.2) is 25.4 Å². The molecule has 0 saturated heterocycles. The zero-order valence-electron chi connectivity index (χ0n) is 15.5. The lowest BCUT2D eigenvalue weighted by atomic mass is 10.1. The van der Waals surface area contributed by atoms with Crippen LogP contribution in [0, 0.1) is 0 Å². The maximum Gasteiger partial charge on any atom is 0.258 e. The molecule has 2 rings (SSSR count). The quantitative estimate of drug-likeness (QED) is 0.696. The van der Waals surface area contributed by atoms with Crippen molar-refractivity contribution in [3.05, 3.63) is 59.2 Å². The molecule has 1 amide bonds. The Morgan fingerprint density at radius 1 is 1.08 bits per heavy atom. The van der Waals surface area contributed by atoms with E-state index in [-0.39, 0.29) is 18.6 Å². The van der Waals surface area contributed by atoms with Gasteiger partial charge in [-0.3, -0.25) is 9.59 Å². The Kier molecular flexibility index (Phi) is 7.21. The van der Waals surface area contributed by atoms with E-state index in [0.29, 0.717) is 23.7 Å². The van der Waals surface area contributed by atoms with Gasteiger partial charge >= 0.3 is 0 Å². The van der Waals surface area contributed by atoms with E-state index in [9.17, 15) is 9.59 Å². The summed E-state index contributed by atoms with van der Waals surface area (Å²) in [7, 11) is 0. The normalized spacial score (nSPS) is 11.5. The first-order valence-corrected chi connectivity index (χ1v) is 8.80. The van der Waals surface area contributed by atoms with Crippen LogP contribution < -0.4 is 14.8 Å². The molecule has 138 valence electrons. The number of amides is 1. The molecule has 0 aliphatic carbocycles. The molecule has 0 aromatic heterocycles. The fraction of sp³-hybridized carbons (Fsp3) is 0.333. The molecule has 1 N–H and O–H groups in total. The summed E-state index contributed by atoms with van der Waals surface area (Å²) in [6.45, 7) is 6.20. The highest BCUT2D eigenvalue weighted by Gasteiger charge is 2.12. The number of ether oxygens (including phenoxy) is 2. The van der Waals surface area contributed by atoms with Crippen LogP contribution in [0.1, 0.15) is 48.3 Å². The molecule has 1 atom stereocenters. The Morgan fingerprint density at radius 3 is 2.42 bits per heavy atom. The fourth-order valence-electron chi connectivity index (χ4n) is 2.54. The lowest BCUT2D eigenvalue weighted by Crippen LogP contribution is -2.31. The van der Waals surface area contributed by atoms with Gasteiger partial charge < -0.3 is 14.8 Å². The van der Waals surface area contributed by atoms with Crippen LogP contribution in [0.15, 0.2) is 42.5 Å². The van der Waals surface area contributed by atoms with E-state index in [2.05, 4.69) is 24.4 Å². The molecule has 0 bridgehead atoms. The molecule has 0 aliphatic rings. The van der Waals surface area contributed by atoms with E-state index in [1.165, 1.54) is 5.56 Å². The lowest BCUT2D eigenvalue weighted by molar-refractivity contribution is -0.123. The van der Waals surface area contributed by atoms with Crippen LogP contribution in [0.2, 0.25) is 0 Å². The van der Waals surface area contributed by atoms with Crippen LogP contribution in [-0.2, 0) is 11.2 Å². The average Bonchev–Trinajstić information content (AvgIpc) is 2.67. The molecule has 0 heterocycles. The smallest absolute Gasteiger partial charge is 0.258 e. The van der Waals surface area contributed by atoms with Crippen LogP contribution in [0.5, 0.6) is 11.5 Å². The highest BCUT2D eigenvalue weighted by atomic mass is 16.5. The minimum atomic E-state index is -0.223. The Balaban J connectivity index is 1.94. The summed E-state index contributed by atoms with van der Waals surface area (Å²) in [5.74, 6) is 0.666. The minimum absolute atomic E-state index is 0.110. The third-order valence-electron chi connectivity index (χ3n) is 4.03. The van der Waals surface area contributed by atoms with E-state index in [4.69, 9.17) is 9.47 Å². The molecule has 0 aliphatic heterocycles. The van der Waals surface area contributed by atoms with Crippen molar-refractivity contribution in [1.29, 1.82) is 0 Å². The highest BCUT2D eigenvalue weighted by molar-refractivity contribution is 5.78. The molecule has 26 heavy (non-hydrogen) atoms. The molecule has 0 spiro atoms. The molecule has 5 heteroatoms. The van der Waals surface area contributed by atoms with Gasteiger partial charge in [-0.1, -0.05) is 31.2 Å². The van der Waals surface area contributed by atoms with Crippen molar-refractivity contribution in [2.75, 3.05) is 13.2 Å². The van der Waals surface area contributed by atoms with E-state index in [0.717, 1.165) is 18.3 Å². The molecule has 1 unspecified atom stereocenters. The van der Waals surface area contributed by atoms with Gasteiger partial charge in [0.2, 0.25) is 0 Å². The van der Waals surface area contributed by atoms with Gasteiger partial charge in [0.25, 0.3) is 5.91 Å². The van der Waals surface area contributed by atoms with E-state index in [1.807, 2.05) is 26.0 Å². The summed E-state index contributed by atoms with van der Waals surface area (Å²) in [4.78, 5) is 23.1. The maximum absolute atomic E-state index is 12.2. The summed E-state index contributed by atoms with van der Waals surface area (Å²) < 4.78 is 11.0. The number of rotatable bonds is 9. The molecule has 0 radical (unpaired) electrons. The van der Waals surface area contributed by atoms with Gasteiger partial charge in [-0.25, -0.2) is 0 Å². The largest absolute Gasteiger partial charge is 0.490 e. The van der Waals surface area contributed by atoms with E-state index in [1.54, 1.807) is 18.2 Å². The Morgan fingerprint density at radius 2 is 1.81 bits per heavy atom.